The maximum Gasteiger partial charge on any atom is 0.0515 e. The van der Waals surface area contributed by atoms with Crippen molar-refractivity contribution in [2.45, 2.75) is 44.6 Å². The molecule has 0 saturated heterocycles. The van der Waals surface area contributed by atoms with Gasteiger partial charge in [-0.05, 0) is 20.8 Å². The molecule has 0 aromatic carbocycles. The SMILES string of the molecule is CC(C)[S@](=N)(=O)C(C)(C)C. The van der Waals surface area contributed by atoms with E-state index < -0.39 is 9.73 Å². The van der Waals surface area contributed by atoms with Crippen molar-refractivity contribution >= 4 is 9.73 Å². The Morgan fingerprint density at radius 2 is 1.60 bits per heavy atom. The van der Waals surface area contributed by atoms with Gasteiger partial charge in [0.1, 0.15) is 0 Å². The van der Waals surface area contributed by atoms with Crippen LogP contribution in [0.2, 0.25) is 0 Å². The lowest BCUT2D eigenvalue weighted by molar-refractivity contribution is 0.628. The normalized spacial score (nSPS) is 19.0. The van der Waals surface area contributed by atoms with Crippen molar-refractivity contribution in [1.82, 2.24) is 0 Å². The average molecular weight is 163 g/mol. The lowest BCUT2D eigenvalue weighted by Crippen LogP contribution is -2.32. The van der Waals surface area contributed by atoms with Crippen LogP contribution in [0, 0.1) is 4.78 Å². The highest BCUT2D eigenvalue weighted by Crippen LogP contribution is 2.20. The van der Waals surface area contributed by atoms with Gasteiger partial charge >= 0.3 is 0 Å². The predicted molar refractivity (Wildman–Crippen MR) is 45.8 cm³/mol. The molecule has 0 heterocycles. The highest BCUT2D eigenvalue weighted by Gasteiger charge is 2.27. The van der Waals surface area contributed by atoms with Crippen LogP contribution >= 0.6 is 0 Å². The second-order valence-corrected chi connectivity index (χ2v) is 7.13. The van der Waals surface area contributed by atoms with E-state index in [-0.39, 0.29) is 10.00 Å². The van der Waals surface area contributed by atoms with E-state index in [4.69, 9.17) is 4.78 Å². The lowest BCUT2D eigenvalue weighted by Gasteiger charge is -2.25. The molecule has 0 aliphatic carbocycles. The summed E-state index contributed by atoms with van der Waals surface area (Å²) in [4.78, 5) is 0. The first-order chi connectivity index (χ1) is 4.19. The van der Waals surface area contributed by atoms with E-state index in [1.165, 1.54) is 0 Å². The average Bonchev–Trinajstić information content (AvgIpc) is 1.62. The van der Waals surface area contributed by atoms with Crippen LogP contribution in [0.4, 0.5) is 0 Å². The molecule has 0 saturated carbocycles. The molecule has 0 aliphatic rings. The minimum absolute atomic E-state index is 0.0486. The third kappa shape index (κ3) is 1.72. The molecule has 3 heteroatoms. The Morgan fingerprint density at radius 1 is 1.30 bits per heavy atom. The quantitative estimate of drug-likeness (QED) is 0.632. The molecule has 62 valence electrons. The van der Waals surface area contributed by atoms with Crippen molar-refractivity contribution in [3.05, 3.63) is 0 Å². The first-order valence-electron chi connectivity index (χ1n) is 3.47. The van der Waals surface area contributed by atoms with Crippen molar-refractivity contribution in [2.24, 2.45) is 0 Å². The summed E-state index contributed by atoms with van der Waals surface area (Å²) in [6.45, 7) is 9.22. The first kappa shape index (κ1) is 9.95. The van der Waals surface area contributed by atoms with E-state index in [2.05, 4.69) is 0 Å². The van der Waals surface area contributed by atoms with Crippen molar-refractivity contribution in [3.8, 4) is 0 Å². The molecule has 0 spiro atoms. The topological polar surface area (TPSA) is 40.9 Å². The maximum absolute atomic E-state index is 11.6. The Balaban J connectivity index is 4.79. The first-order valence-corrected chi connectivity index (χ1v) is 5.09. The summed E-state index contributed by atoms with van der Waals surface area (Å²) in [7, 11) is -2.41. The summed E-state index contributed by atoms with van der Waals surface area (Å²) >= 11 is 0. The monoisotopic (exact) mass is 163 g/mol. The minimum atomic E-state index is -2.41. The van der Waals surface area contributed by atoms with Gasteiger partial charge in [-0.2, -0.15) is 0 Å². The van der Waals surface area contributed by atoms with Crippen molar-refractivity contribution in [3.63, 3.8) is 0 Å². The Labute approximate surface area is 64.0 Å². The fourth-order valence-electron chi connectivity index (χ4n) is 0.707. The summed E-state index contributed by atoms with van der Waals surface area (Å²) in [6, 6.07) is 0. The zero-order valence-electron chi connectivity index (χ0n) is 7.39. The maximum atomic E-state index is 11.6. The van der Waals surface area contributed by atoms with Gasteiger partial charge in [-0.15, -0.1) is 0 Å². The van der Waals surface area contributed by atoms with E-state index in [1.54, 1.807) is 0 Å². The minimum Gasteiger partial charge on any atom is -0.252 e. The zero-order chi connectivity index (χ0) is 8.58. The van der Waals surface area contributed by atoms with Gasteiger partial charge in [-0.1, -0.05) is 13.8 Å². The van der Waals surface area contributed by atoms with Gasteiger partial charge in [0.05, 0.1) is 9.73 Å². The van der Waals surface area contributed by atoms with Crippen LogP contribution in [0.5, 0.6) is 0 Å². The lowest BCUT2D eigenvalue weighted by atomic mass is 10.3. The second-order valence-electron chi connectivity index (χ2n) is 3.76. The fraction of sp³-hybridized carbons (Fsp3) is 1.00. The van der Waals surface area contributed by atoms with Crippen molar-refractivity contribution < 1.29 is 4.21 Å². The van der Waals surface area contributed by atoms with Crippen LogP contribution in [0.1, 0.15) is 34.6 Å². The van der Waals surface area contributed by atoms with Gasteiger partial charge in [0, 0.05) is 10.00 Å². The molecule has 2 nitrogen and oxygen atoms in total. The predicted octanol–water partition coefficient (Wildman–Crippen LogP) is 2.24. The molecular weight excluding hydrogens is 146 g/mol. The fourth-order valence-corrected chi connectivity index (χ4v) is 2.12. The molecule has 1 atom stereocenters. The van der Waals surface area contributed by atoms with Crippen LogP contribution in [-0.4, -0.2) is 14.2 Å². The van der Waals surface area contributed by atoms with Gasteiger partial charge in [0.2, 0.25) is 0 Å². The standard InChI is InChI=1S/C7H17NOS/c1-6(2)10(8,9)7(3,4)5/h6,8H,1-5H3/t10-/m0/s1. The van der Waals surface area contributed by atoms with Gasteiger partial charge in [-0.25, -0.2) is 4.21 Å². The van der Waals surface area contributed by atoms with Crippen molar-refractivity contribution in [1.29, 1.82) is 4.78 Å². The van der Waals surface area contributed by atoms with Gasteiger partial charge in [0.15, 0.2) is 0 Å². The molecule has 0 amide bonds. The summed E-state index contributed by atoms with van der Waals surface area (Å²) in [6.07, 6.45) is 0. The number of rotatable bonds is 1. The highest BCUT2D eigenvalue weighted by molar-refractivity contribution is 7.94. The molecule has 0 aromatic rings. The smallest absolute Gasteiger partial charge is 0.0515 e. The molecule has 0 fully saturated rings. The van der Waals surface area contributed by atoms with Crippen LogP contribution < -0.4 is 0 Å². The number of nitrogens with one attached hydrogen (secondary N) is 1. The van der Waals surface area contributed by atoms with E-state index >= 15 is 0 Å². The summed E-state index contributed by atoms with van der Waals surface area (Å²) in [5.74, 6) is 0. The van der Waals surface area contributed by atoms with Gasteiger partial charge in [0.25, 0.3) is 0 Å². The summed E-state index contributed by atoms with van der Waals surface area (Å²) in [5.41, 5.74) is 0. The van der Waals surface area contributed by atoms with Crippen LogP contribution in [0.25, 0.3) is 0 Å². The molecule has 0 unspecified atom stereocenters. The number of hydrogen-bond acceptors (Lipinski definition) is 2. The Morgan fingerprint density at radius 3 is 1.60 bits per heavy atom. The van der Waals surface area contributed by atoms with E-state index in [9.17, 15) is 4.21 Å². The Bertz CT molecular complexity index is 196. The molecular formula is C7H17NOS. The van der Waals surface area contributed by atoms with Gasteiger partial charge < -0.3 is 0 Å². The zero-order valence-corrected chi connectivity index (χ0v) is 8.21. The molecule has 10 heavy (non-hydrogen) atoms. The summed E-state index contributed by atoms with van der Waals surface area (Å²) < 4.78 is 18.7. The number of hydrogen-bond donors (Lipinski definition) is 1. The van der Waals surface area contributed by atoms with E-state index in [0.29, 0.717) is 0 Å². The van der Waals surface area contributed by atoms with Crippen LogP contribution in [0.3, 0.4) is 0 Å². The van der Waals surface area contributed by atoms with E-state index in [1.807, 2.05) is 34.6 Å². The third-order valence-corrected chi connectivity index (χ3v) is 4.72. The molecule has 0 bridgehead atoms. The molecule has 0 radical (unpaired) electrons. The summed E-state index contributed by atoms with van der Waals surface area (Å²) in [5, 5.41) is -0.0486. The highest BCUT2D eigenvalue weighted by atomic mass is 32.2. The molecule has 1 N–H and O–H groups in total. The molecule has 0 aromatic heterocycles. The van der Waals surface area contributed by atoms with Crippen LogP contribution in [-0.2, 0) is 9.73 Å². The van der Waals surface area contributed by atoms with Crippen molar-refractivity contribution in [2.75, 3.05) is 0 Å². The Kier molecular flexibility index (Phi) is 2.52. The third-order valence-electron chi connectivity index (χ3n) is 1.57. The largest absolute Gasteiger partial charge is 0.252 e. The van der Waals surface area contributed by atoms with E-state index in [0.717, 1.165) is 0 Å². The van der Waals surface area contributed by atoms with Crippen LogP contribution in [0.15, 0.2) is 0 Å². The molecule has 0 aliphatic heterocycles. The Hall–Kier alpha value is -0.0500. The second kappa shape index (κ2) is 2.53. The van der Waals surface area contributed by atoms with Gasteiger partial charge in [-0.3, -0.25) is 4.78 Å². The molecule has 0 rings (SSSR count).